The molecule has 0 saturated carbocycles. The highest BCUT2D eigenvalue weighted by Gasteiger charge is 2.35. The van der Waals surface area contributed by atoms with Gasteiger partial charge in [-0.2, -0.15) is 0 Å². The number of hydrogen-bond acceptors (Lipinski definition) is 3. The van der Waals surface area contributed by atoms with Crippen LogP contribution in [0.5, 0.6) is 0 Å². The second kappa shape index (κ2) is 5.36. The third-order valence-corrected chi connectivity index (χ3v) is 3.23. The number of amides is 3. The number of urea groups is 1. The number of nitrogens with one attached hydrogen (secondary N) is 1. The second-order valence-electron chi connectivity index (χ2n) is 4.51. The molecule has 5 nitrogen and oxygen atoms in total. The highest BCUT2D eigenvalue weighted by Crippen LogP contribution is 2.20. The summed E-state index contributed by atoms with van der Waals surface area (Å²) in [6.07, 6.45) is 0. The van der Waals surface area contributed by atoms with Crippen molar-refractivity contribution in [3.8, 4) is 0 Å². The average Bonchev–Trinajstić information content (AvgIpc) is 2.63. The Morgan fingerprint density at radius 2 is 2.05 bits per heavy atom. The van der Waals surface area contributed by atoms with E-state index in [1.807, 2.05) is 0 Å². The first kappa shape index (κ1) is 13.5. The third kappa shape index (κ3) is 2.58. The number of nitrogens with zero attached hydrogens (tertiary/aromatic N) is 2. The van der Waals surface area contributed by atoms with Crippen molar-refractivity contribution in [2.45, 2.75) is 6.04 Å². The van der Waals surface area contributed by atoms with Crippen LogP contribution in [0.25, 0.3) is 0 Å². The van der Waals surface area contributed by atoms with Crippen molar-refractivity contribution in [3.05, 3.63) is 35.6 Å². The molecule has 1 saturated heterocycles. The molecular formula is C13H16FN3O2. The van der Waals surface area contributed by atoms with Gasteiger partial charge < -0.3 is 10.2 Å². The van der Waals surface area contributed by atoms with E-state index in [0.29, 0.717) is 5.56 Å². The summed E-state index contributed by atoms with van der Waals surface area (Å²) in [4.78, 5) is 26.0. The molecule has 1 aromatic rings. The molecule has 1 aliphatic heterocycles. The minimum absolute atomic E-state index is 0.0759. The second-order valence-corrected chi connectivity index (χ2v) is 4.51. The molecule has 6 heteroatoms. The van der Waals surface area contributed by atoms with E-state index in [-0.39, 0.29) is 30.8 Å². The molecule has 1 heterocycles. The highest BCUT2D eigenvalue weighted by atomic mass is 19.1. The zero-order valence-corrected chi connectivity index (χ0v) is 10.9. The van der Waals surface area contributed by atoms with Gasteiger partial charge >= 0.3 is 6.03 Å². The number of carbonyl (C=O) groups is 2. The number of hydrogen-bond donors (Lipinski definition) is 1. The molecule has 1 aliphatic rings. The molecule has 1 N–H and O–H groups in total. The number of imide groups is 1. The van der Waals surface area contributed by atoms with Crippen LogP contribution in [0, 0.1) is 5.82 Å². The number of likely N-dealkylation sites (N-methyl/N-ethyl adjacent to an activating group) is 2. The van der Waals surface area contributed by atoms with E-state index in [1.165, 1.54) is 11.0 Å². The van der Waals surface area contributed by atoms with Crippen molar-refractivity contribution < 1.29 is 14.0 Å². The van der Waals surface area contributed by atoms with Crippen molar-refractivity contribution in [1.29, 1.82) is 0 Å². The molecule has 19 heavy (non-hydrogen) atoms. The van der Waals surface area contributed by atoms with E-state index in [4.69, 9.17) is 0 Å². The van der Waals surface area contributed by atoms with Crippen LogP contribution in [0.2, 0.25) is 0 Å². The van der Waals surface area contributed by atoms with Crippen LogP contribution in [0.4, 0.5) is 9.18 Å². The standard InChI is InChI=1S/C13H16FN3O2/c1-15-11(9-5-3-4-6-10(9)14)7-17-12(18)8-16(2)13(17)19/h3-6,11,15H,7-8H2,1-2H3. The number of halogens is 1. The molecule has 3 amide bonds. The van der Waals surface area contributed by atoms with Crippen molar-refractivity contribution >= 4 is 11.9 Å². The predicted octanol–water partition coefficient (Wildman–Crippen LogP) is 0.980. The Kier molecular flexibility index (Phi) is 3.80. The molecule has 0 aromatic heterocycles. The minimum atomic E-state index is -0.416. The zero-order chi connectivity index (χ0) is 14.0. The largest absolute Gasteiger partial charge is 0.327 e. The Bertz CT molecular complexity index is 506. The lowest BCUT2D eigenvalue weighted by molar-refractivity contribution is -0.125. The molecule has 102 valence electrons. The molecule has 1 aromatic carbocycles. The summed E-state index contributed by atoms with van der Waals surface area (Å²) in [7, 11) is 3.24. The summed E-state index contributed by atoms with van der Waals surface area (Å²) < 4.78 is 13.7. The van der Waals surface area contributed by atoms with Crippen molar-refractivity contribution in [2.75, 3.05) is 27.2 Å². The first-order valence-electron chi connectivity index (χ1n) is 6.01. The fourth-order valence-electron chi connectivity index (χ4n) is 2.13. The van der Waals surface area contributed by atoms with E-state index in [2.05, 4.69) is 5.32 Å². The van der Waals surface area contributed by atoms with Gasteiger partial charge in [-0.25, -0.2) is 9.18 Å². The molecule has 1 unspecified atom stereocenters. The number of rotatable bonds is 4. The van der Waals surface area contributed by atoms with Gasteiger partial charge in [0, 0.05) is 12.6 Å². The maximum Gasteiger partial charge on any atom is 0.327 e. The van der Waals surface area contributed by atoms with Crippen LogP contribution in [0.1, 0.15) is 11.6 Å². The quantitative estimate of drug-likeness (QED) is 0.826. The molecule has 0 aliphatic carbocycles. The lowest BCUT2D eigenvalue weighted by Gasteiger charge is -2.22. The Balaban J connectivity index is 2.19. The summed E-state index contributed by atoms with van der Waals surface area (Å²) in [5.41, 5.74) is 0.445. The molecule has 1 fully saturated rings. The summed E-state index contributed by atoms with van der Waals surface area (Å²) in [5, 5.41) is 2.94. The first-order valence-corrected chi connectivity index (χ1v) is 6.01. The fraction of sp³-hybridized carbons (Fsp3) is 0.385. The van der Waals surface area contributed by atoms with Gasteiger partial charge in [-0.15, -0.1) is 0 Å². The van der Waals surface area contributed by atoms with Gasteiger partial charge in [0.25, 0.3) is 0 Å². The summed E-state index contributed by atoms with van der Waals surface area (Å²) >= 11 is 0. The van der Waals surface area contributed by atoms with Crippen LogP contribution < -0.4 is 5.32 Å². The van der Waals surface area contributed by atoms with E-state index in [0.717, 1.165) is 4.90 Å². The van der Waals surface area contributed by atoms with Crippen molar-refractivity contribution in [1.82, 2.24) is 15.1 Å². The predicted molar refractivity (Wildman–Crippen MR) is 67.9 cm³/mol. The molecule has 2 rings (SSSR count). The molecular weight excluding hydrogens is 249 g/mol. The van der Waals surface area contributed by atoms with Gasteiger partial charge in [-0.1, -0.05) is 18.2 Å². The van der Waals surface area contributed by atoms with Gasteiger partial charge in [0.15, 0.2) is 0 Å². The van der Waals surface area contributed by atoms with Gasteiger partial charge in [-0.3, -0.25) is 9.69 Å². The monoisotopic (exact) mass is 265 g/mol. The lowest BCUT2D eigenvalue weighted by atomic mass is 10.1. The maximum absolute atomic E-state index is 13.7. The summed E-state index contributed by atoms with van der Waals surface area (Å²) in [6, 6.07) is 5.57. The maximum atomic E-state index is 13.7. The molecule has 0 radical (unpaired) electrons. The van der Waals surface area contributed by atoms with Gasteiger partial charge in [0.1, 0.15) is 12.4 Å². The third-order valence-electron chi connectivity index (χ3n) is 3.23. The molecule has 0 spiro atoms. The van der Waals surface area contributed by atoms with Crippen LogP contribution >= 0.6 is 0 Å². The fourth-order valence-corrected chi connectivity index (χ4v) is 2.13. The number of benzene rings is 1. The van der Waals surface area contributed by atoms with Crippen LogP contribution in [-0.4, -0.2) is 48.9 Å². The molecule has 1 atom stereocenters. The SMILES string of the molecule is CNC(CN1C(=O)CN(C)C1=O)c1ccccc1F. The normalized spacial score (nSPS) is 17.2. The van der Waals surface area contributed by atoms with E-state index in [1.54, 1.807) is 32.3 Å². The summed E-state index contributed by atoms with van der Waals surface area (Å²) in [6.45, 7) is 0.200. The van der Waals surface area contributed by atoms with Crippen molar-refractivity contribution in [3.63, 3.8) is 0 Å². The summed E-state index contributed by atoms with van der Waals surface area (Å²) in [5.74, 6) is -0.613. The van der Waals surface area contributed by atoms with Gasteiger partial charge in [0.2, 0.25) is 5.91 Å². The first-order chi connectivity index (χ1) is 9.04. The lowest BCUT2D eigenvalue weighted by Crippen LogP contribution is -2.38. The van der Waals surface area contributed by atoms with Crippen LogP contribution in [0.15, 0.2) is 24.3 Å². The Morgan fingerprint density at radius 1 is 1.37 bits per heavy atom. The minimum Gasteiger partial charge on any atom is -0.318 e. The van der Waals surface area contributed by atoms with E-state index >= 15 is 0 Å². The Labute approximate surface area is 111 Å². The highest BCUT2D eigenvalue weighted by molar-refractivity contribution is 6.01. The van der Waals surface area contributed by atoms with Crippen LogP contribution in [0.3, 0.4) is 0 Å². The Morgan fingerprint density at radius 3 is 2.58 bits per heavy atom. The number of carbonyl (C=O) groups excluding carboxylic acids is 2. The van der Waals surface area contributed by atoms with Crippen molar-refractivity contribution in [2.24, 2.45) is 0 Å². The van der Waals surface area contributed by atoms with Gasteiger partial charge in [0.05, 0.1) is 12.6 Å². The average molecular weight is 265 g/mol. The van der Waals surface area contributed by atoms with Crippen LogP contribution in [-0.2, 0) is 4.79 Å². The van der Waals surface area contributed by atoms with E-state index in [9.17, 15) is 14.0 Å². The topological polar surface area (TPSA) is 52.7 Å². The smallest absolute Gasteiger partial charge is 0.318 e. The Hall–Kier alpha value is -1.95. The van der Waals surface area contributed by atoms with Gasteiger partial charge in [-0.05, 0) is 13.1 Å². The molecule has 0 bridgehead atoms. The zero-order valence-electron chi connectivity index (χ0n) is 10.9. The van der Waals surface area contributed by atoms with E-state index < -0.39 is 6.04 Å².